The van der Waals surface area contributed by atoms with Gasteiger partial charge in [-0.1, -0.05) is 36.4 Å². The summed E-state index contributed by atoms with van der Waals surface area (Å²) in [5.41, 5.74) is 2.91. The summed E-state index contributed by atoms with van der Waals surface area (Å²) in [5, 5.41) is 3.00. The first-order chi connectivity index (χ1) is 14.9. The summed E-state index contributed by atoms with van der Waals surface area (Å²) in [5.74, 6) is -0.566. The van der Waals surface area contributed by atoms with E-state index in [4.69, 9.17) is 4.74 Å². The Labute approximate surface area is 183 Å². The van der Waals surface area contributed by atoms with Gasteiger partial charge in [-0.2, -0.15) is 0 Å². The molecule has 166 valence electrons. The summed E-state index contributed by atoms with van der Waals surface area (Å²) in [6.07, 6.45) is 1.99. The van der Waals surface area contributed by atoms with E-state index >= 15 is 0 Å². The molecule has 1 atom stereocenters. The van der Waals surface area contributed by atoms with Gasteiger partial charge < -0.3 is 15.0 Å². The molecule has 2 aromatic carbocycles. The van der Waals surface area contributed by atoms with Crippen molar-refractivity contribution < 1.29 is 18.7 Å². The average molecular weight is 427 g/mol. The fourth-order valence-electron chi connectivity index (χ4n) is 3.66. The maximum absolute atomic E-state index is 13.1. The molecule has 31 heavy (non-hydrogen) atoms. The number of rotatable bonds is 8. The van der Waals surface area contributed by atoms with Crippen molar-refractivity contribution in [2.45, 2.75) is 52.4 Å². The summed E-state index contributed by atoms with van der Waals surface area (Å²) >= 11 is 0. The molecule has 0 aromatic heterocycles. The second kappa shape index (κ2) is 11.0. The highest BCUT2D eigenvalue weighted by Gasteiger charge is 2.28. The molecule has 2 amide bonds. The van der Waals surface area contributed by atoms with Gasteiger partial charge in [0.05, 0.1) is 25.0 Å². The van der Waals surface area contributed by atoms with E-state index in [9.17, 15) is 14.0 Å². The minimum Gasteiger partial charge on any atom is -0.374 e. The average Bonchev–Trinajstić information content (AvgIpc) is 2.78. The van der Waals surface area contributed by atoms with Crippen LogP contribution in [0, 0.1) is 11.7 Å². The van der Waals surface area contributed by atoms with Gasteiger partial charge in [0.25, 0.3) is 0 Å². The molecule has 5 nitrogen and oxygen atoms in total. The van der Waals surface area contributed by atoms with E-state index in [0.717, 1.165) is 29.5 Å². The van der Waals surface area contributed by atoms with E-state index in [1.807, 2.05) is 38.1 Å². The van der Waals surface area contributed by atoms with Crippen LogP contribution in [0.4, 0.5) is 4.39 Å². The molecule has 1 fully saturated rings. The molecule has 1 aliphatic rings. The predicted molar refractivity (Wildman–Crippen MR) is 118 cm³/mol. The predicted octanol–water partition coefficient (Wildman–Crippen LogP) is 3.85. The van der Waals surface area contributed by atoms with Crippen LogP contribution in [0.15, 0.2) is 48.5 Å². The molecule has 1 unspecified atom stereocenters. The van der Waals surface area contributed by atoms with Crippen LogP contribution >= 0.6 is 0 Å². The standard InChI is InChI=1S/C25H31FN2O3/c1-18(2)31-17-21-7-5-20(6-8-21)15-27-25(30)22-4-3-13-28(16-22)24(29)14-19-9-11-23(26)12-10-19/h5-12,18,22H,3-4,13-17H2,1-2H3,(H,27,30). The number of amides is 2. The number of carbonyl (C=O) groups excluding carboxylic acids is 2. The summed E-state index contributed by atoms with van der Waals surface area (Å²) in [4.78, 5) is 27.0. The van der Waals surface area contributed by atoms with E-state index in [1.54, 1.807) is 17.0 Å². The minimum absolute atomic E-state index is 0.0218. The smallest absolute Gasteiger partial charge is 0.227 e. The molecule has 0 radical (unpaired) electrons. The van der Waals surface area contributed by atoms with Crippen LogP contribution in [-0.4, -0.2) is 35.9 Å². The van der Waals surface area contributed by atoms with Gasteiger partial charge in [-0.15, -0.1) is 0 Å². The molecule has 1 heterocycles. The fraction of sp³-hybridized carbons (Fsp3) is 0.440. The Morgan fingerprint density at radius 2 is 1.71 bits per heavy atom. The number of likely N-dealkylation sites (tertiary alicyclic amines) is 1. The van der Waals surface area contributed by atoms with Crippen LogP contribution in [0.2, 0.25) is 0 Å². The molecule has 1 aliphatic heterocycles. The zero-order chi connectivity index (χ0) is 22.2. The zero-order valence-electron chi connectivity index (χ0n) is 18.3. The van der Waals surface area contributed by atoms with Gasteiger partial charge in [-0.05, 0) is 55.5 Å². The Hall–Kier alpha value is -2.73. The number of nitrogens with zero attached hydrogens (tertiary/aromatic N) is 1. The van der Waals surface area contributed by atoms with Crippen molar-refractivity contribution in [3.8, 4) is 0 Å². The highest BCUT2D eigenvalue weighted by atomic mass is 19.1. The molecule has 0 aliphatic carbocycles. The number of hydrogen-bond acceptors (Lipinski definition) is 3. The van der Waals surface area contributed by atoms with Crippen molar-refractivity contribution in [2.75, 3.05) is 13.1 Å². The van der Waals surface area contributed by atoms with Crippen molar-refractivity contribution >= 4 is 11.8 Å². The molecule has 1 saturated heterocycles. The summed E-state index contributed by atoms with van der Waals surface area (Å²) in [6, 6.07) is 14.0. The lowest BCUT2D eigenvalue weighted by Gasteiger charge is -2.32. The minimum atomic E-state index is -0.315. The lowest BCUT2D eigenvalue weighted by molar-refractivity contribution is -0.135. The summed E-state index contributed by atoms with van der Waals surface area (Å²) in [6.45, 7) is 6.14. The lowest BCUT2D eigenvalue weighted by atomic mass is 9.96. The molecule has 2 aromatic rings. The Morgan fingerprint density at radius 3 is 2.39 bits per heavy atom. The second-order valence-corrected chi connectivity index (χ2v) is 8.38. The molecule has 1 N–H and O–H groups in total. The Morgan fingerprint density at radius 1 is 1.06 bits per heavy atom. The van der Waals surface area contributed by atoms with E-state index < -0.39 is 0 Å². The number of ether oxygens (including phenoxy) is 1. The molecule has 3 rings (SSSR count). The monoisotopic (exact) mass is 426 g/mol. The number of nitrogens with one attached hydrogen (secondary N) is 1. The quantitative estimate of drug-likeness (QED) is 0.698. The van der Waals surface area contributed by atoms with Gasteiger partial charge in [0, 0.05) is 19.6 Å². The highest BCUT2D eigenvalue weighted by Crippen LogP contribution is 2.18. The van der Waals surface area contributed by atoms with Gasteiger partial charge in [0.15, 0.2) is 0 Å². The van der Waals surface area contributed by atoms with Gasteiger partial charge >= 0.3 is 0 Å². The largest absolute Gasteiger partial charge is 0.374 e. The first-order valence-electron chi connectivity index (χ1n) is 10.9. The van der Waals surface area contributed by atoms with E-state index in [1.165, 1.54) is 12.1 Å². The Bertz CT molecular complexity index is 865. The number of benzene rings is 2. The Balaban J connectivity index is 1.46. The summed E-state index contributed by atoms with van der Waals surface area (Å²) in [7, 11) is 0. The number of piperidine rings is 1. The number of carbonyl (C=O) groups is 2. The molecule has 0 spiro atoms. The zero-order valence-corrected chi connectivity index (χ0v) is 18.3. The van der Waals surface area contributed by atoms with Crippen molar-refractivity contribution in [1.82, 2.24) is 10.2 Å². The van der Waals surface area contributed by atoms with Gasteiger partial charge in [0.1, 0.15) is 5.82 Å². The van der Waals surface area contributed by atoms with E-state index in [-0.39, 0.29) is 36.1 Å². The molecule has 0 saturated carbocycles. The maximum Gasteiger partial charge on any atom is 0.227 e. The van der Waals surface area contributed by atoms with E-state index in [2.05, 4.69) is 5.32 Å². The highest BCUT2D eigenvalue weighted by molar-refractivity contribution is 5.82. The SMILES string of the molecule is CC(C)OCc1ccc(CNC(=O)C2CCCN(C(=O)Cc3ccc(F)cc3)C2)cc1. The third-order valence-electron chi connectivity index (χ3n) is 5.49. The lowest BCUT2D eigenvalue weighted by Crippen LogP contribution is -2.45. The van der Waals surface area contributed by atoms with Crippen molar-refractivity contribution in [2.24, 2.45) is 5.92 Å². The van der Waals surface area contributed by atoms with Gasteiger partial charge in [0.2, 0.25) is 11.8 Å². The normalized spacial score (nSPS) is 16.4. The maximum atomic E-state index is 13.1. The topological polar surface area (TPSA) is 58.6 Å². The molecular formula is C25H31FN2O3. The number of hydrogen-bond donors (Lipinski definition) is 1. The third-order valence-corrected chi connectivity index (χ3v) is 5.49. The van der Waals surface area contributed by atoms with Crippen molar-refractivity contribution in [1.29, 1.82) is 0 Å². The molecule has 6 heteroatoms. The Kier molecular flexibility index (Phi) is 8.18. The second-order valence-electron chi connectivity index (χ2n) is 8.38. The third kappa shape index (κ3) is 7.17. The number of halogens is 1. The first-order valence-corrected chi connectivity index (χ1v) is 10.9. The summed E-state index contributed by atoms with van der Waals surface area (Å²) < 4.78 is 18.7. The van der Waals surface area contributed by atoms with Gasteiger partial charge in [-0.3, -0.25) is 9.59 Å². The van der Waals surface area contributed by atoms with Crippen LogP contribution in [0.1, 0.15) is 43.4 Å². The van der Waals surface area contributed by atoms with Crippen LogP contribution in [0.3, 0.4) is 0 Å². The van der Waals surface area contributed by atoms with Crippen molar-refractivity contribution in [3.63, 3.8) is 0 Å². The molecular weight excluding hydrogens is 395 g/mol. The van der Waals surface area contributed by atoms with Crippen LogP contribution in [-0.2, 0) is 33.9 Å². The van der Waals surface area contributed by atoms with Crippen molar-refractivity contribution in [3.05, 3.63) is 71.0 Å². The molecule has 0 bridgehead atoms. The van der Waals surface area contributed by atoms with Crippen LogP contribution in [0.25, 0.3) is 0 Å². The fourth-order valence-corrected chi connectivity index (χ4v) is 3.66. The van der Waals surface area contributed by atoms with Crippen LogP contribution in [0.5, 0.6) is 0 Å². The van der Waals surface area contributed by atoms with E-state index in [0.29, 0.717) is 26.2 Å². The first kappa shape index (κ1) is 22.9. The van der Waals surface area contributed by atoms with Gasteiger partial charge in [-0.25, -0.2) is 4.39 Å². The van der Waals surface area contributed by atoms with Crippen LogP contribution < -0.4 is 5.32 Å².